The van der Waals surface area contributed by atoms with E-state index in [-0.39, 0.29) is 0 Å². The Kier molecular flexibility index (Phi) is 6.02. The van der Waals surface area contributed by atoms with Crippen LogP contribution in [0.3, 0.4) is 0 Å². The number of rotatable bonds is 7. The smallest absolute Gasteiger partial charge is 0.225 e. The van der Waals surface area contributed by atoms with Gasteiger partial charge >= 0.3 is 0 Å². The average molecular weight is 397 g/mol. The summed E-state index contributed by atoms with van der Waals surface area (Å²) in [5.41, 5.74) is 3.67. The Labute approximate surface area is 170 Å². The van der Waals surface area contributed by atoms with Crippen LogP contribution in [-0.2, 0) is 6.42 Å². The number of nitrogens with zero attached hydrogens (tertiary/aromatic N) is 4. The highest BCUT2D eigenvalue weighted by Crippen LogP contribution is 2.33. The Hall–Kier alpha value is -2.25. The van der Waals surface area contributed by atoms with Gasteiger partial charge in [-0.3, -0.25) is 4.98 Å². The zero-order valence-corrected chi connectivity index (χ0v) is 17.4. The van der Waals surface area contributed by atoms with Gasteiger partial charge in [0.25, 0.3) is 0 Å². The molecule has 0 bridgehead atoms. The summed E-state index contributed by atoms with van der Waals surface area (Å²) in [6.45, 7) is 5.26. The largest absolute Gasteiger partial charge is 0.357 e. The second kappa shape index (κ2) is 8.84. The summed E-state index contributed by atoms with van der Waals surface area (Å²) >= 11 is 1.75. The average Bonchev–Trinajstić information content (AvgIpc) is 3.12. The summed E-state index contributed by atoms with van der Waals surface area (Å²) in [5, 5.41) is 9.03. The molecule has 2 N–H and O–H groups in total. The molecule has 0 spiro atoms. The maximum Gasteiger partial charge on any atom is 0.225 e. The third-order valence-corrected chi connectivity index (χ3v) is 6.50. The molecule has 1 aliphatic heterocycles. The lowest BCUT2D eigenvalue weighted by molar-refractivity contribution is 0.412. The monoisotopic (exact) mass is 396 g/mol. The highest BCUT2D eigenvalue weighted by molar-refractivity contribution is 7.18. The van der Waals surface area contributed by atoms with E-state index in [1.54, 1.807) is 11.3 Å². The molecule has 148 valence electrons. The molecule has 4 rings (SSSR count). The lowest BCUT2D eigenvalue weighted by atomic mass is 10.0. The van der Waals surface area contributed by atoms with Crippen LogP contribution in [0, 0.1) is 6.92 Å². The summed E-state index contributed by atoms with van der Waals surface area (Å²) in [6.07, 6.45) is 8.32. The Morgan fingerprint density at radius 2 is 1.96 bits per heavy atom. The topological polar surface area (TPSA) is 66.0 Å². The maximum atomic E-state index is 4.78. The number of piperidine rings is 1. The minimum absolute atomic E-state index is 0.597. The molecule has 0 radical (unpaired) electrons. The first kappa shape index (κ1) is 19.1. The number of aromatic nitrogens is 3. The molecule has 3 aromatic heterocycles. The molecule has 0 aliphatic carbocycles. The predicted octanol–water partition coefficient (Wildman–Crippen LogP) is 3.63. The van der Waals surface area contributed by atoms with Gasteiger partial charge in [-0.1, -0.05) is 0 Å². The van der Waals surface area contributed by atoms with Crippen molar-refractivity contribution in [2.24, 2.45) is 0 Å². The summed E-state index contributed by atoms with van der Waals surface area (Å²) < 4.78 is 1.21. The Balaban J connectivity index is 1.31. The van der Waals surface area contributed by atoms with Crippen molar-refractivity contribution >= 4 is 33.3 Å². The molecule has 28 heavy (non-hydrogen) atoms. The molecule has 0 saturated carbocycles. The summed E-state index contributed by atoms with van der Waals surface area (Å²) in [5.74, 6) is 1.80. The molecule has 7 heteroatoms. The van der Waals surface area contributed by atoms with Crippen LogP contribution in [0.1, 0.15) is 30.4 Å². The number of nitrogens with one attached hydrogen (secondary N) is 2. The minimum Gasteiger partial charge on any atom is -0.357 e. The molecular weight excluding hydrogens is 368 g/mol. The fourth-order valence-electron chi connectivity index (χ4n) is 3.79. The van der Waals surface area contributed by atoms with Crippen LogP contribution in [0.5, 0.6) is 0 Å². The van der Waals surface area contributed by atoms with Gasteiger partial charge in [0.1, 0.15) is 0 Å². The van der Waals surface area contributed by atoms with Gasteiger partial charge < -0.3 is 15.5 Å². The van der Waals surface area contributed by atoms with E-state index < -0.39 is 0 Å². The van der Waals surface area contributed by atoms with Crippen molar-refractivity contribution in [2.45, 2.75) is 38.6 Å². The maximum absolute atomic E-state index is 4.78. The van der Waals surface area contributed by atoms with Crippen molar-refractivity contribution in [2.75, 3.05) is 36.9 Å². The fraction of sp³-hybridized carbons (Fsp3) is 0.476. The molecule has 6 nitrogen and oxygen atoms in total. The first-order valence-corrected chi connectivity index (χ1v) is 10.9. The zero-order valence-electron chi connectivity index (χ0n) is 16.6. The normalized spacial score (nSPS) is 15.3. The van der Waals surface area contributed by atoms with Gasteiger partial charge in [-0.2, -0.15) is 4.98 Å². The molecule has 1 fully saturated rings. The molecule has 0 amide bonds. The zero-order chi connectivity index (χ0) is 19.3. The van der Waals surface area contributed by atoms with Gasteiger partial charge in [-0.25, -0.2) is 4.98 Å². The van der Waals surface area contributed by atoms with E-state index in [0.717, 1.165) is 56.7 Å². The summed E-state index contributed by atoms with van der Waals surface area (Å²) in [6, 6.07) is 4.80. The fourth-order valence-corrected chi connectivity index (χ4v) is 4.79. The SMILES string of the molecule is CNc1nc(N2CCC(NCCCc3ccncc3)CC2)c2scc(C)c2n1. The quantitative estimate of drug-likeness (QED) is 0.595. The van der Waals surface area contributed by atoms with Gasteiger partial charge in [-0.15, -0.1) is 11.3 Å². The van der Waals surface area contributed by atoms with Crippen molar-refractivity contribution in [3.63, 3.8) is 0 Å². The highest BCUT2D eigenvalue weighted by Gasteiger charge is 2.23. The molecular formula is C21H28N6S. The van der Waals surface area contributed by atoms with E-state index >= 15 is 0 Å². The number of pyridine rings is 1. The van der Waals surface area contributed by atoms with Crippen LogP contribution in [0.4, 0.5) is 11.8 Å². The van der Waals surface area contributed by atoms with Crippen molar-refractivity contribution in [1.82, 2.24) is 20.3 Å². The van der Waals surface area contributed by atoms with Gasteiger partial charge in [0.05, 0.1) is 10.2 Å². The number of thiophene rings is 1. The molecule has 1 saturated heterocycles. The van der Waals surface area contributed by atoms with E-state index in [9.17, 15) is 0 Å². The van der Waals surface area contributed by atoms with E-state index in [1.165, 1.54) is 15.8 Å². The molecule has 4 heterocycles. The summed E-state index contributed by atoms with van der Waals surface area (Å²) in [7, 11) is 1.88. The molecule has 3 aromatic rings. The van der Waals surface area contributed by atoms with Gasteiger partial charge in [0.2, 0.25) is 5.95 Å². The second-order valence-corrected chi connectivity index (χ2v) is 8.27. The third kappa shape index (κ3) is 4.25. The van der Waals surface area contributed by atoms with E-state index in [1.807, 2.05) is 19.4 Å². The van der Waals surface area contributed by atoms with Crippen molar-refractivity contribution < 1.29 is 0 Å². The van der Waals surface area contributed by atoms with E-state index in [2.05, 4.69) is 49.9 Å². The van der Waals surface area contributed by atoms with Crippen LogP contribution in [0.25, 0.3) is 10.2 Å². The molecule has 0 atom stereocenters. The van der Waals surface area contributed by atoms with Crippen LogP contribution in [-0.4, -0.2) is 47.7 Å². The van der Waals surface area contributed by atoms with Gasteiger partial charge in [0.15, 0.2) is 5.82 Å². The lowest BCUT2D eigenvalue weighted by Crippen LogP contribution is -2.43. The highest BCUT2D eigenvalue weighted by atomic mass is 32.1. The molecule has 1 aliphatic rings. The predicted molar refractivity (Wildman–Crippen MR) is 117 cm³/mol. The summed E-state index contributed by atoms with van der Waals surface area (Å²) in [4.78, 5) is 15.9. The first-order chi connectivity index (χ1) is 13.7. The Bertz CT molecular complexity index is 902. The standard InChI is InChI=1S/C21H28N6S/c1-15-14-28-19-18(15)25-21(22-2)26-20(19)27-12-7-17(8-13-27)24-9-3-4-16-5-10-23-11-6-16/h5-6,10-11,14,17,24H,3-4,7-9,12-13H2,1-2H3,(H,22,25,26). The van der Waals surface area contributed by atoms with E-state index in [4.69, 9.17) is 4.98 Å². The van der Waals surface area contributed by atoms with Crippen LogP contribution >= 0.6 is 11.3 Å². The number of fused-ring (bicyclic) bond motifs is 1. The van der Waals surface area contributed by atoms with Gasteiger partial charge in [-0.05, 0) is 67.8 Å². The van der Waals surface area contributed by atoms with Crippen molar-refractivity contribution in [1.29, 1.82) is 0 Å². The third-order valence-electron chi connectivity index (χ3n) is 5.42. The van der Waals surface area contributed by atoms with Crippen molar-refractivity contribution in [3.05, 3.63) is 41.0 Å². The van der Waals surface area contributed by atoms with E-state index in [0.29, 0.717) is 12.0 Å². The van der Waals surface area contributed by atoms with Crippen LogP contribution < -0.4 is 15.5 Å². The first-order valence-electron chi connectivity index (χ1n) is 10.1. The number of hydrogen-bond donors (Lipinski definition) is 2. The Morgan fingerprint density at radius 3 is 2.71 bits per heavy atom. The number of aryl methyl sites for hydroxylation is 2. The number of anilines is 2. The minimum atomic E-state index is 0.597. The van der Waals surface area contributed by atoms with Crippen molar-refractivity contribution in [3.8, 4) is 0 Å². The van der Waals surface area contributed by atoms with Crippen LogP contribution in [0.2, 0.25) is 0 Å². The lowest BCUT2D eigenvalue weighted by Gasteiger charge is -2.33. The Morgan fingerprint density at radius 1 is 1.18 bits per heavy atom. The van der Waals surface area contributed by atoms with Crippen LogP contribution in [0.15, 0.2) is 29.9 Å². The molecule has 0 unspecified atom stereocenters. The second-order valence-electron chi connectivity index (χ2n) is 7.39. The number of hydrogen-bond acceptors (Lipinski definition) is 7. The van der Waals surface area contributed by atoms with Gasteiger partial charge in [0, 0.05) is 38.6 Å². The molecule has 0 aromatic carbocycles.